The van der Waals surface area contributed by atoms with E-state index in [1.807, 2.05) is 48.0 Å². The molecule has 0 spiro atoms. The maximum Gasteiger partial charge on any atom is 0.272 e. The lowest BCUT2D eigenvalue weighted by Crippen LogP contribution is -2.16. The first-order valence-corrected chi connectivity index (χ1v) is 7.40. The van der Waals surface area contributed by atoms with Crippen LogP contribution in [-0.2, 0) is 6.54 Å². The van der Waals surface area contributed by atoms with Crippen molar-refractivity contribution in [3.8, 4) is 0 Å². The second-order valence-corrected chi connectivity index (χ2v) is 5.96. The fraction of sp³-hybridized carbons (Fsp3) is 0.154. The lowest BCUT2D eigenvalue weighted by Gasteiger charge is -2.07. The van der Waals surface area contributed by atoms with Crippen molar-refractivity contribution in [2.45, 2.75) is 13.5 Å². The van der Waals surface area contributed by atoms with Crippen LogP contribution in [-0.4, -0.2) is 10.5 Å². The van der Waals surface area contributed by atoms with Crippen molar-refractivity contribution in [3.63, 3.8) is 0 Å². The zero-order chi connectivity index (χ0) is 13.1. The van der Waals surface area contributed by atoms with Crippen molar-refractivity contribution < 1.29 is 4.79 Å². The highest BCUT2D eigenvalue weighted by molar-refractivity contribution is 14.1. The number of nitrogens with one attached hydrogen (secondary N) is 1. The summed E-state index contributed by atoms with van der Waals surface area (Å²) < 4.78 is 3.92. The van der Waals surface area contributed by atoms with E-state index < -0.39 is 0 Å². The van der Waals surface area contributed by atoms with E-state index >= 15 is 0 Å². The summed E-state index contributed by atoms with van der Waals surface area (Å²) in [6.45, 7) is 2.77. The number of carbonyl (C=O) groups is 1. The molecule has 5 heteroatoms. The minimum atomic E-state index is -0.0930. The number of halogens is 2. The normalized spacial score (nSPS) is 10.4. The van der Waals surface area contributed by atoms with Crippen molar-refractivity contribution in [1.29, 1.82) is 0 Å². The molecule has 0 fully saturated rings. The number of hydrogen-bond donors (Lipinski definition) is 1. The van der Waals surface area contributed by atoms with E-state index in [4.69, 9.17) is 0 Å². The van der Waals surface area contributed by atoms with Crippen LogP contribution in [0.15, 0.2) is 41.0 Å². The number of hydrogen-bond acceptors (Lipinski definition) is 1. The summed E-state index contributed by atoms with van der Waals surface area (Å²) in [5, 5.41) is 2.90. The molecule has 0 saturated carbocycles. The number of carbonyl (C=O) groups excluding carboxylic acids is 1. The highest BCUT2D eigenvalue weighted by atomic mass is 127. The van der Waals surface area contributed by atoms with E-state index in [0.29, 0.717) is 5.69 Å². The van der Waals surface area contributed by atoms with Gasteiger partial charge in [-0.3, -0.25) is 4.79 Å². The van der Waals surface area contributed by atoms with Crippen molar-refractivity contribution in [2.24, 2.45) is 0 Å². The van der Waals surface area contributed by atoms with Crippen LogP contribution in [0, 0.1) is 3.57 Å². The SMILES string of the molecule is CCn1cc(Br)cc1C(=O)Nc1cccc(I)c1. The molecular weight excluding hydrogens is 407 g/mol. The molecule has 0 aliphatic heterocycles. The zero-order valence-electron chi connectivity index (χ0n) is 9.78. The summed E-state index contributed by atoms with van der Waals surface area (Å²) >= 11 is 5.61. The van der Waals surface area contributed by atoms with Gasteiger partial charge in [0.15, 0.2) is 0 Å². The minimum absolute atomic E-state index is 0.0930. The maximum absolute atomic E-state index is 12.2. The van der Waals surface area contributed by atoms with Gasteiger partial charge >= 0.3 is 0 Å². The summed E-state index contributed by atoms with van der Waals surface area (Å²) in [4.78, 5) is 12.2. The van der Waals surface area contributed by atoms with Crippen LogP contribution in [0.5, 0.6) is 0 Å². The molecular formula is C13H12BrIN2O. The Morgan fingerprint density at radius 1 is 1.44 bits per heavy atom. The molecule has 94 valence electrons. The van der Waals surface area contributed by atoms with Gasteiger partial charge < -0.3 is 9.88 Å². The first-order valence-electron chi connectivity index (χ1n) is 5.52. The van der Waals surface area contributed by atoms with Crippen LogP contribution in [0.1, 0.15) is 17.4 Å². The van der Waals surface area contributed by atoms with Crippen LogP contribution >= 0.6 is 38.5 Å². The lowest BCUT2D eigenvalue weighted by molar-refractivity contribution is 0.101. The summed E-state index contributed by atoms with van der Waals surface area (Å²) in [5.74, 6) is -0.0930. The van der Waals surface area contributed by atoms with Crippen molar-refractivity contribution in [2.75, 3.05) is 5.32 Å². The van der Waals surface area contributed by atoms with Gasteiger partial charge in [-0.1, -0.05) is 6.07 Å². The number of aryl methyl sites for hydroxylation is 1. The average Bonchev–Trinajstić information content (AvgIpc) is 2.70. The zero-order valence-corrected chi connectivity index (χ0v) is 13.5. The van der Waals surface area contributed by atoms with E-state index in [0.717, 1.165) is 20.3 Å². The van der Waals surface area contributed by atoms with Crippen molar-refractivity contribution >= 4 is 50.1 Å². The summed E-state index contributed by atoms with van der Waals surface area (Å²) in [6.07, 6.45) is 1.91. The molecule has 0 unspecified atom stereocenters. The molecule has 0 bridgehead atoms. The minimum Gasteiger partial charge on any atom is -0.343 e. The number of aromatic nitrogens is 1. The Morgan fingerprint density at radius 3 is 2.89 bits per heavy atom. The molecule has 1 amide bonds. The molecule has 1 aromatic heterocycles. The summed E-state index contributed by atoms with van der Waals surface area (Å²) in [6, 6.07) is 9.56. The first-order chi connectivity index (χ1) is 8.60. The van der Waals surface area contributed by atoms with E-state index in [1.165, 1.54) is 0 Å². The second-order valence-electron chi connectivity index (χ2n) is 3.79. The highest BCUT2D eigenvalue weighted by Gasteiger charge is 2.12. The Morgan fingerprint density at radius 2 is 2.22 bits per heavy atom. The van der Waals surface area contributed by atoms with E-state index in [-0.39, 0.29) is 5.91 Å². The van der Waals surface area contributed by atoms with Gasteiger partial charge in [0.2, 0.25) is 0 Å². The van der Waals surface area contributed by atoms with Gasteiger partial charge in [0, 0.05) is 26.5 Å². The predicted octanol–water partition coefficient (Wildman–Crippen LogP) is 4.13. The second kappa shape index (κ2) is 5.88. The van der Waals surface area contributed by atoms with Gasteiger partial charge in [0.25, 0.3) is 5.91 Å². The summed E-state index contributed by atoms with van der Waals surface area (Å²) in [5.41, 5.74) is 1.47. The summed E-state index contributed by atoms with van der Waals surface area (Å²) in [7, 11) is 0. The predicted molar refractivity (Wildman–Crippen MR) is 84.9 cm³/mol. The van der Waals surface area contributed by atoms with Gasteiger partial charge in [-0.15, -0.1) is 0 Å². The topological polar surface area (TPSA) is 34.0 Å². The third-order valence-corrected chi connectivity index (χ3v) is 3.62. The smallest absolute Gasteiger partial charge is 0.272 e. The molecule has 18 heavy (non-hydrogen) atoms. The van der Waals surface area contributed by atoms with Crippen LogP contribution in [0.3, 0.4) is 0 Å². The van der Waals surface area contributed by atoms with Crippen LogP contribution in [0.25, 0.3) is 0 Å². The monoisotopic (exact) mass is 418 g/mol. The van der Waals surface area contributed by atoms with E-state index in [2.05, 4.69) is 43.8 Å². The largest absolute Gasteiger partial charge is 0.343 e. The number of nitrogens with zero attached hydrogens (tertiary/aromatic N) is 1. The highest BCUT2D eigenvalue weighted by Crippen LogP contribution is 2.18. The van der Waals surface area contributed by atoms with Gasteiger partial charge in [-0.2, -0.15) is 0 Å². The molecule has 0 atom stereocenters. The number of benzene rings is 1. The Balaban J connectivity index is 2.21. The molecule has 1 heterocycles. The van der Waals surface area contributed by atoms with Gasteiger partial charge in [-0.25, -0.2) is 0 Å². The molecule has 0 aliphatic rings. The molecule has 0 aliphatic carbocycles. The van der Waals surface area contributed by atoms with Gasteiger partial charge in [-0.05, 0) is 69.7 Å². The Labute approximate surface area is 128 Å². The maximum atomic E-state index is 12.2. The molecule has 3 nitrogen and oxygen atoms in total. The molecule has 0 saturated heterocycles. The lowest BCUT2D eigenvalue weighted by atomic mass is 10.3. The number of rotatable bonds is 3. The Bertz CT molecular complexity index is 580. The Kier molecular flexibility index (Phi) is 4.45. The van der Waals surface area contributed by atoms with Crippen LogP contribution in [0.2, 0.25) is 0 Å². The van der Waals surface area contributed by atoms with Crippen LogP contribution in [0.4, 0.5) is 5.69 Å². The van der Waals surface area contributed by atoms with Crippen molar-refractivity contribution in [1.82, 2.24) is 4.57 Å². The van der Waals surface area contributed by atoms with Crippen LogP contribution < -0.4 is 5.32 Å². The third-order valence-electron chi connectivity index (χ3n) is 2.52. The average molecular weight is 419 g/mol. The quantitative estimate of drug-likeness (QED) is 0.747. The molecule has 0 radical (unpaired) electrons. The van der Waals surface area contributed by atoms with Gasteiger partial charge in [0.1, 0.15) is 5.69 Å². The Hall–Kier alpha value is -0.820. The molecule has 1 aromatic carbocycles. The fourth-order valence-corrected chi connectivity index (χ4v) is 2.70. The van der Waals surface area contributed by atoms with E-state index in [9.17, 15) is 4.79 Å². The first kappa shape index (κ1) is 13.6. The molecule has 1 N–H and O–H groups in total. The molecule has 2 rings (SSSR count). The fourth-order valence-electron chi connectivity index (χ4n) is 1.69. The van der Waals surface area contributed by atoms with Crippen molar-refractivity contribution in [3.05, 3.63) is 50.3 Å². The third kappa shape index (κ3) is 3.14. The van der Waals surface area contributed by atoms with Gasteiger partial charge in [0.05, 0.1) is 0 Å². The number of amides is 1. The number of anilines is 1. The van der Waals surface area contributed by atoms with E-state index in [1.54, 1.807) is 0 Å². The standard InChI is InChI=1S/C13H12BrIN2O/c1-2-17-8-9(14)6-12(17)13(18)16-11-5-3-4-10(15)7-11/h3-8H,2H2,1H3,(H,16,18). The molecule has 2 aromatic rings.